The largest absolute Gasteiger partial charge is 0.493 e. The number of nitrogens with zero attached hydrogens (tertiary/aromatic N) is 3. The third-order valence-corrected chi connectivity index (χ3v) is 5.35. The summed E-state index contributed by atoms with van der Waals surface area (Å²) in [7, 11) is 4.57. The van der Waals surface area contributed by atoms with E-state index in [1.807, 2.05) is 30.3 Å². The Hall–Kier alpha value is -4.60. The molecule has 10 nitrogen and oxygen atoms in total. The number of aromatic nitrogens is 2. The monoisotopic (exact) mass is 476 g/mol. The first-order valence-corrected chi connectivity index (χ1v) is 10.7. The molecule has 0 unspecified atom stereocenters. The lowest BCUT2D eigenvalue weighted by Crippen LogP contribution is -2.05. The van der Waals surface area contributed by atoms with Crippen molar-refractivity contribution in [3.8, 4) is 23.0 Å². The molecule has 0 spiro atoms. The van der Waals surface area contributed by atoms with Crippen LogP contribution in [-0.4, -0.2) is 36.2 Å². The Bertz CT molecular complexity index is 1350. The molecular weight excluding hydrogens is 452 g/mol. The maximum atomic E-state index is 11.7. The van der Waals surface area contributed by atoms with Gasteiger partial charge in [-0.25, -0.2) is 9.97 Å². The number of benzene rings is 3. The van der Waals surface area contributed by atoms with Gasteiger partial charge >= 0.3 is 5.69 Å². The van der Waals surface area contributed by atoms with Gasteiger partial charge < -0.3 is 24.3 Å². The van der Waals surface area contributed by atoms with Crippen LogP contribution in [0, 0.1) is 10.1 Å². The Morgan fingerprint density at radius 3 is 2.34 bits per heavy atom. The number of rotatable bonds is 10. The van der Waals surface area contributed by atoms with Crippen molar-refractivity contribution in [3.05, 3.63) is 82.2 Å². The molecule has 0 saturated carbocycles. The molecule has 4 aromatic rings. The zero-order valence-corrected chi connectivity index (χ0v) is 19.5. The first-order valence-electron chi connectivity index (χ1n) is 10.7. The number of hydrogen-bond acceptors (Lipinski definition) is 9. The van der Waals surface area contributed by atoms with Crippen LogP contribution in [0.3, 0.4) is 0 Å². The first kappa shape index (κ1) is 23.6. The van der Waals surface area contributed by atoms with Gasteiger partial charge in [0.2, 0.25) is 5.75 Å². The topological polar surface area (TPSA) is 118 Å². The van der Waals surface area contributed by atoms with Crippen LogP contribution in [0.25, 0.3) is 10.9 Å². The standard InChI is InChI=1S/C25H24N4O6/c1-32-21-12-18-22(24(34-3)23(21)33-2)27-15-28-25(18)26-13-17-9-10-20(19(11-17)29(30)31)35-14-16-7-5-4-6-8-16/h4-12,15H,13-14H2,1-3H3,(H,26,27,28). The Morgan fingerprint density at radius 2 is 1.66 bits per heavy atom. The van der Waals surface area contributed by atoms with Crippen molar-refractivity contribution in [2.24, 2.45) is 0 Å². The van der Waals surface area contributed by atoms with E-state index < -0.39 is 4.92 Å². The Morgan fingerprint density at radius 1 is 0.886 bits per heavy atom. The third kappa shape index (κ3) is 5.01. The zero-order chi connectivity index (χ0) is 24.8. The van der Waals surface area contributed by atoms with Crippen molar-refractivity contribution in [1.82, 2.24) is 9.97 Å². The second kappa shape index (κ2) is 10.6. The molecule has 0 aliphatic heterocycles. The van der Waals surface area contributed by atoms with Crippen LogP contribution < -0.4 is 24.3 Å². The molecule has 35 heavy (non-hydrogen) atoms. The van der Waals surface area contributed by atoms with E-state index in [0.717, 1.165) is 5.56 Å². The Labute approximate surface area is 201 Å². The SMILES string of the molecule is COc1cc2c(NCc3ccc(OCc4ccccc4)c([N+](=O)[O-])c3)ncnc2c(OC)c1OC. The smallest absolute Gasteiger partial charge is 0.311 e. The van der Waals surface area contributed by atoms with Crippen molar-refractivity contribution in [1.29, 1.82) is 0 Å². The number of nitro groups is 1. The molecule has 0 amide bonds. The molecule has 1 N–H and O–H groups in total. The van der Waals surface area contributed by atoms with Gasteiger partial charge in [0.15, 0.2) is 17.2 Å². The fourth-order valence-electron chi connectivity index (χ4n) is 3.66. The lowest BCUT2D eigenvalue weighted by Gasteiger charge is -2.16. The Balaban J connectivity index is 1.59. The second-order valence-corrected chi connectivity index (χ2v) is 7.45. The molecule has 3 aromatic carbocycles. The summed E-state index contributed by atoms with van der Waals surface area (Å²) in [6.07, 6.45) is 1.40. The predicted molar refractivity (Wildman–Crippen MR) is 130 cm³/mol. The number of ether oxygens (including phenoxy) is 4. The van der Waals surface area contributed by atoms with Gasteiger partial charge in [-0.3, -0.25) is 10.1 Å². The molecule has 0 aliphatic carbocycles. The molecule has 0 saturated heterocycles. The van der Waals surface area contributed by atoms with E-state index in [-0.39, 0.29) is 24.6 Å². The highest BCUT2D eigenvalue weighted by atomic mass is 16.6. The number of anilines is 1. The first-order chi connectivity index (χ1) is 17.0. The van der Waals surface area contributed by atoms with Gasteiger partial charge in [-0.15, -0.1) is 0 Å². The molecule has 4 rings (SSSR count). The fourth-order valence-corrected chi connectivity index (χ4v) is 3.66. The van der Waals surface area contributed by atoms with Crippen LogP contribution in [-0.2, 0) is 13.2 Å². The number of fused-ring (bicyclic) bond motifs is 1. The van der Waals surface area contributed by atoms with Crippen molar-refractivity contribution < 1.29 is 23.9 Å². The van der Waals surface area contributed by atoms with Gasteiger partial charge in [-0.2, -0.15) is 0 Å². The molecule has 0 bridgehead atoms. The molecule has 10 heteroatoms. The summed E-state index contributed by atoms with van der Waals surface area (Å²) in [5.41, 5.74) is 2.03. The van der Waals surface area contributed by atoms with Crippen LogP contribution in [0.5, 0.6) is 23.0 Å². The van der Waals surface area contributed by atoms with Crippen LogP contribution in [0.2, 0.25) is 0 Å². The summed E-state index contributed by atoms with van der Waals surface area (Å²) in [5.74, 6) is 2.03. The van der Waals surface area contributed by atoms with E-state index in [2.05, 4.69) is 15.3 Å². The van der Waals surface area contributed by atoms with Gasteiger partial charge in [-0.1, -0.05) is 36.4 Å². The van der Waals surface area contributed by atoms with Crippen molar-refractivity contribution in [2.45, 2.75) is 13.2 Å². The number of methoxy groups -OCH3 is 3. The van der Waals surface area contributed by atoms with E-state index in [4.69, 9.17) is 18.9 Å². The minimum absolute atomic E-state index is 0.110. The summed E-state index contributed by atoms with van der Waals surface area (Å²) in [5, 5.41) is 15.6. The van der Waals surface area contributed by atoms with Crippen LogP contribution in [0.15, 0.2) is 60.9 Å². The predicted octanol–water partition coefficient (Wildman–Crippen LogP) is 4.75. The lowest BCUT2D eigenvalue weighted by atomic mass is 10.1. The molecule has 0 aliphatic rings. The number of hydrogen-bond donors (Lipinski definition) is 1. The van der Waals surface area contributed by atoms with E-state index in [9.17, 15) is 10.1 Å². The average molecular weight is 476 g/mol. The summed E-state index contributed by atoms with van der Waals surface area (Å²) in [6, 6.07) is 16.1. The van der Waals surface area contributed by atoms with E-state index >= 15 is 0 Å². The summed E-state index contributed by atoms with van der Waals surface area (Å²) < 4.78 is 22.1. The van der Waals surface area contributed by atoms with Crippen molar-refractivity contribution in [2.75, 3.05) is 26.6 Å². The average Bonchev–Trinajstić information content (AvgIpc) is 2.90. The minimum Gasteiger partial charge on any atom is -0.493 e. The third-order valence-electron chi connectivity index (χ3n) is 5.35. The normalized spacial score (nSPS) is 10.6. The highest BCUT2D eigenvalue weighted by molar-refractivity contribution is 5.96. The number of nitrogens with one attached hydrogen (secondary N) is 1. The molecule has 1 aromatic heterocycles. The fraction of sp³-hybridized carbons (Fsp3) is 0.200. The number of nitro benzene ring substituents is 1. The molecular formula is C25H24N4O6. The highest BCUT2D eigenvalue weighted by Gasteiger charge is 2.20. The Kier molecular flexibility index (Phi) is 7.10. The summed E-state index contributed by atoms with van der Waals surface area (Å²) in [6.45, 7) is 0.516. The summed E-state index contributed by atoms with van der Waals surface area (Å²) >= 11 is 0. The van der Waals surface area contributed by atoms with Gasteiger partial charge in [0.25, 0.3) is 0 Å². The van der Waals surface area contributed by atoms with Gasteiger partial charge in [0.05, 0.1) is 31.6 Å². The highest BCUT2D eigenvalue weighted by Crippen LogP contribution is 2.43. The van der Waals surface area contributed by atoms with E-state index in [1.54, 1.807) is 18.2 Å². The van der Waals surface area contributed by atoms with Crippen LogP contribution in [0.1, 0.15) is 11.1 Å². The van der Waals surface area contributed by atoms with Crippen molar-refractivity contribution >= 4 is 22.4 Å². The van der Waals surface area contributed by atoms with E-state index in [1.165, 1.54) is 33.7 Å². The van der Waals surface area contributed by atoms with Crippen molar-refractivity contribution in [3.63, 3.8) is 0 Å². The molecule has 0 radical (unpaired) electrons. The maximum absolute atomic E-state index is 11.7. The quantitative estimate of drug-likeness (QED) is 0.255. The van der Waals surface area contributed by atoms with Gasteiger partial charge in [0.1, 0.15) is 24.3 Å². The van der Waals surface area contributed by atoms with Crippen LogP contribution in [0.4, 0.5) is 11.5 Å². The van der Waals surface area contributed by atoms with Crippen LogP contribution >= 0.6 is 0 Å². The second-order valence-electron chi connectivity index (χ2n) is 7.45. The lowest BCUT2D eigenvalue weighted by molar-refractivity contribution is -0.386. The molecule has 180 valence electrons. The van der Waals surface area contributed by atoms with Gasteiger partial charge in [-0.05, 0) is 23.3 Å². The minimum atomic E-state index is -0.452. The maximum Gasteiger partial charge on any atom is 0.311 e. The molecule has 0 atom stereocenters. The molecule has 0 fully saturated rings. The van der Waals surface area contributed by atoms with E-state index in [0.29, 0.717) is 39.5 Å². The zero-order valence-electron chi connectivity index (χ0n) is 19.5. The summed E-state index contributed by atoms with van der Waals surface area (Å²) in [4.78, 5) is 19.9. The molecule has 1 heterocycles. The van der Waals surface area contributed by atoms with Gasteiger partial charge in [0, 0.05) is 12.6 Å².